The van der Waals surface area contributed by atoms with Crippen LogP contribution in [0.5, 0.6) is 0 Å². The topological polar surface area (TPSA) is 35.2 Å². The summed E-state index contributed by atoms with van der Waals surface area (Å²) in [7, 11) is 0. The van der Waals surface area contributed by atoms with E-state index >= 15 is 0 Å². The van der Waals surface area contributed by atoms with Crippen molar-refractivity contribution in [3.63, 3.8) is 0 Å². The van der Waals surface area contributed by atoms with E-state index in [1.807, 2.05) is 0 Å². The molecular weight excluding hydrogens is 210 g/mol. The molecule has 0 bridgehead atoms. The second-order valence-electron chi connectivity index (χ2n) is 7.08. The Hall–Kier alpha value is -0.0800. The van der Waals surface area contributed by atoms with E-state index in [0.717, 1.165) is 31.8 Å². The van der Waals surface area contributed by atoms with Crippen LogP contribution in [0, 0.1) is 11.3 Å². The Morgan fingerprint density at radius 2 is 1.82 bits per heavy atom. The van der Waals surface area contributed by atoms with Gasteiger partial charge in [0.1, 0.15) is 0 Å². The van der Waals surface area contributed by atoms with Crippen LogP contribution in [0.1, 0.15) is 66.2 Å². The van der Waals surface area contributed by atoms with Gasteiger partial charge in [-0.3, -0.25) is 0 Å². The molecule has 1 saturated carbocycles. The van der Waals surface area contributed by atoms with Crippen molar-refractivity contribution in [3.05, 3.63) is 0 Å². The Morgan fingerprint density at radius 1 is 1.24 bits per heavy atom. The minimum atomic E-state index is 0.00436. The van der Waals surface area contributed by atoms with E-state index in [2.05, 4.69) is 27.7 Å². The minimum absolute atomic E-state index is 0.00436. The quantitative estimate of drug-likeness (QED) is 0.744. The van der Waals surface area contributed by atoms with E-state index in [1.165, 1.54) is 19.3 Å². The first-order valence-corrected chi connectivity index (χ1v) is 7.21. The molecule has 2 heteroatoms. The van der Waals surface area contributed by atoms with Gasteiger partial charge in [0.25, 0.3) is 0 Å². The Labute approximate surface area is 107 Å². The monoisotopic (exact) mass is 241 g/mol. The smallest absolute Gasteiger partial charge is 0.0804 e. The molecule has 1 fully saturated rings. The molecule has 1 aliphatic carbocycles. The average molecular weight is 241 g/mol. The Bertz CT molecular complexity index is 211. The average Bonchev–Trinajstić information content (AvgIpc) is 2.26. The standard InChI is InChI=1S/C15H31NO/c1-13-6-9-15(12-16,10-7-13)17-11-5-8-14(2,3)4/h13H,5-12,16H2,1-4H3. The molecule has 0 amide bonds. The van der Waals surface area contributed by atoms with E-state index in [1.54, 1.807) is 0 Å². The largest absolute Gasteiger partial charge is 0.374 e. The number of nitrogens with two attached hydrogens (primary N) is 1. The number of hydrogen-bond acceptors (Lipinski definition) is 2. The predicted molar refractivity (Wildman–Crippen MR) is 74.1 cm³/mol. The molecule has 0 spiro atoms. The third-order valence-electron chi connectivity index (χ3n) is 4.04. The highest BCUT2D eigenvalue weighted by Crippen LogP contribution is 2.34. The van der Waals surface area contributed by atoms with Crippen molar-refractivity contribution < 1.29 is 4.74 Å². The van der Waals surface area contributed by atoms with E-state index in [4.69, 9.17) is 10.5 Å². The molecule has 102 valence electrons. The van der Waals surface area contributed by atoms with Crippen molar-refractivity contribution in [3.8, 4) is 0 Å². The number of rotatable bonds is 5. The fraction of sp³-hybridized carbons (Fsp3) is 1.00. The van der Waals surface area contributed by atoms with E-state index in [0.29, 0.717) is 12.0 Å². The maximum atomic E-state index is 6.14. The van der Waals surface area contributed by atoms with Crippen LogP contribution in [-0.4, -0.2) is 18.8 Å². The summed E-state index contributed by atoms with van der Waals surface area (Å²) in [5, 5.41) is 0. The number of hydrogen-bond donors (Lipinski definition) is 1. The maximum Gasteiger partial charge on any atom is 0.0804 e. The van der Waals surface area contributed by atoms with Gasteiger partial charge in [0.2, 0.25) is 0 Å². The van der Waals surface area contributed by atoms with Gasteiger partial charge in [-0.2, -0.15) is 0 Å². The van der Waals surface area contributed by atoms with Crippen LogP contribution in [0.3, 0.4) is 0 Å². The molecule has 0 aromatic carbocycles. The van der Waals surface area contributed by atoms with Crippen molar-refractivity contribution in [1.82, 2.24) is 0 Å². The molecule has 2 N–H and O–H groups in total. The predicted octanol–water partition coefficient (Wildman–Crippen LogP) is 3.74. The van der Waals surface area contributed by atoms with Crippen LogP contribution in [0.4, 0.5) is 0 Å². The summed E-state index contributed by atoms with van der Waals surface area (Å²) >= 11 is 0. The molecule has 1 aliphatic rings. The van der Waals surface area contributed by atoms with Gasteiger partial charge in [0, 0.05) is 13.2 Å². The van der Waals surface area contributed by atoms with E-state index in [9.17, 15) is 0 Å². The molecule has 2 nitrogen and oxygen atoms in total. The molecule has 0 saturated heterocycles. The molecule has 0 atom stereocenters. The zero-order valence-electron chi connectivity index (χ0n) is 12.2. The number of ether oxygens (including phenoxy) is 1. The Morgan fingerprint density at radius 3 is 2.29 bits per heavy atom. The molecule has 0 heterocycles. The SMILES string of the molecule is CC1CCC(CN)(OCCCC(C)(C)C)CC1. The van der Waals surface area contributed by atoms with E-state index in [-0.39, 0.29) is 5.60 Å². The second-order valence-corrected chi connectivity index (χ2v) is 7.08. The molecule has 0 unspecified atom stereocenters. The van der Waals surface area contributed by atoms with Gasteiger partial charge in [0.15, 0.2) is 0 Å². The highest BCUT2D eigenvalue weighted by molar-refractivity contribution is 4.87. The lowest BCUT2D eigenvalue weighted by Crippen LogP contribution is -2.44. The molecule has 0 aromatic rings. The summed E-state index contributed by atoms with van der Waals surface area (Å²) in [5.41, 5.74) is 6.35. The Balaban J connectivity index is 2.27. The molecule has 17 heavy (non-hydrogen) atoms. The fourth-order valence-electron chi connectivity index (χ4n) is 2.59. The first-order chi connectivity index (χ1) is 7.87. The lowest BCUT2D eigenvalue weighted by atomic mass is 9.79. The highest BCUT2D eigenvalue weighted by atomic mass is 16.5. The lowest BCUT2D eigenvalue weighted by Gasteiger charge is -2.38. The lowest BCUT2D eigenvalue weighted by molar-refractivity contribution is -0.0725. The van der Waals surface area contributed by atoms with Gasteiger partial charge >= 0.3 is 0 Å². The maximum absolute atomic E-state index is 6.14. The third-order valence-corrected chi connectivity index (χ3v) is 4.04. The highest BCUT2D eigenvalue weighted by Gasteiger charge is 2.33. The summed E-state index contributed by atoms with van der Waals surface area (Å²) in [6.45, 7) is 10.8. The second kappa shape index (κ2) is 6.19. The summed E-state index contributed by atoms with van der Waals surface area (Å²) < 4.78 is 6.14. The van der Waals surface area contributed by atoms with Gasteiger partial charge in [-0.15, -0.1) is 0 Å². The zero-order chi connectivity index (χ0) is 12.9. The molecule has 0 aliphatic heterocycles. The van der Waals surface area contributed by atoms with Crippen molar-refractivity contribution in [1.29, 1.82) is 0 Å². The van der Waals surface area contributed by atoms with Gasteiger partial charge in [-0.25, -0.2) is 0 Å². The summed E-state index contributed by atoms with van der Waals surface area (Å²) in [6, 6.07) is 0. The molecular formula is C15H31NO. The van der Waals surface area contributed by atoms with Gasteiger partial charge in [-0.05, 0) is 49.9 Å². The van der Waals surface area contributed by atoms with Crippen molar-refractivity contribution >= 4 is 0 Å². The summed E-state index contributed by atoms with van der Waals surface area (Å²) in [5.74, 6) is 0.854. The van der Waals surface area contributed by atoms with Crippen LogP contribution in [0.25, 0.3) is 0 Å². The minimum Gasteiger partial charge on any atom is -0.374 e. The Kier molecular flexibility index (Phi) is 5.46. The van der Waals surface area contributed by atoms with E-state index < -0.39 is 0 Å². The van der Waals surface area contributed by atoms with Crippen LogP contribution in [-0.2, 0) is 4.74 Å². The van der Waals surface area contributed by atoms with Crippen LogP contribution < -0.4 is 5.73 Å². The fourth-order valence-corrected chi connectivity index (χ4v) is 2.59. The van der Waals surface area contributed by atoms with Gasteiger partial charge in [0.05, 0.1) is 5.60 Å². The van der Waals surface area contributed by atoms with Crippen molar-refractivity contribution in [2.24, 2.45) is 17.1 Å². The molecule has 0 aromatic heterocycles. The normalized spacial score (nSPS) is 30.5. The summed E-state index contributed by atoms with van der Waals surface area (Å²) in [6.07, 6.45) is 7.23. The van der Waals surface area contributed by atoms with Crippen molar-refractivity contribution in [2.45, 2.75) is 71.8 Å². The first kappa shape index (κ1) is 15.0. The van der Waals surface area contributed by atoms with Crippen LogP contribution in [0.15, 0.2) is 0 Å². The van der Waals surface area contributed by atoms with Gasteiger partial charge in [-0.1, -0.05) is 27.7 Å². The van der Waals surface area contributed by atoms with Crippen molar-refractivity contribution in [2.75, 3.05) is 13.2 Å². The first-order valence-electron chi connectivity index (χ1n) is 7.21. The van der Waals surface area contributed by atoms with Gasteiger partial charge < -0.3 is 10.5 Å². The molecule has 1 rings (SSSR count). The summed E-state index contributed by atoms with van der Waals surface area (Å²) in [4.78, 5) is 0. The molecule has 0 radical (unpaired) electrons. The van der Waals surface area contributed by atoms with Crippen LogP contribution >= 0.6 is 0 Å². The van der Waals surface area contributed by atoms with Crippen LogP contribution in [0.2, 0.25) is 0 Å². The third kappa shape index (κ3) is 5.39. The zero-order valence-corrected chi connectivity index (χ0v) is 12.2.